The van der Waals surface area contributed by atoms with E-state index in [1.165, 1.54) is 0 Å². The molecular weight excluding hydrogens is 346 g/mol. The lowest BCUT2D eigenvalue weighted by atomic mass is 9.92. The number of fused-ring (bicyclic) bond motifs is 1. The highest BCUT2D eigenvalue weighted by atomic mass is 16.4. The van der Waals surface area contributed by atoms with E-state index in [1.807, 2.05) is 12.1 Å². The van der Waals surface area contributed by atoms with Crippen molar-refractivity contribution < 1.29 is 9.21 Å². The second kappa shape index (κ2) is 6.75. The minimum absolute atomic E-state index is 0.0626. The first-order valence-corrected chi connectivity index (χ1v) is 9.29. The van der Waals surface area contributed by atoms with Crippen LogP contribution in [0.1, 0.15) is 24.7 Å². The topological polar surface area (TPSA) is 108 Å². The van der Waals surface area contributed by atoms with Gasteiger partial charge in [-0.1, -0.05) is 0 Å². The number of allylic oxidation sites excluding steroid dienone is 1. The predicted molar refractivity (Wildman–Crippen MR) is 95.7 cm³/mol. The summed E-state index contributed by atoms with van der Waals surface area (Å²) in [4.78, 5) is 16.3. The number of amides is 1. The number of aromatic nitrogens is 3. The molecule has 0 spiro atoms. The summed E-state index contributed by atoms with van der Waals surface area (Å²) in [5, 5.41) is 16.9. The molecule has 0 saturated carbocycles. The van der Waals surface area contributed by atoms with E-state index >= 15 is 0 Å². The highest BCUT2D eigenvalue weighted by molar-refractivity contribution is 5.89. The summed E-state index contributed by atoms with van der Waals surface area (Å²) in [7, 11) is 0. The second-order valence-corrected chi connectivity index (χ2v) is 7.07. The van der Waals surface area contributed by atoms with Crippen LogP contribution in [0.5, 0.6) is 0 Å². The summed E-state index contributed by atoms with van der Waals surface area (Å²) in [6.45, 7) is 2.58. The largest absolute Gasteiger partial charge is 0.420 e. The van der Waals surface area contributed by atoms with Crippen LogP contribution >= 0.6 is 0 Å². The van der Waals surface area contributed by atoms with E-state index in [2.05, 4.69) is 36.2 Å². The van der Waals surface area contributed by atoms with Crippen molar-refractivity contribution in [1.82, 2.24) is 36.2 Å². The van der Waals surface area contributed by atoms with Crippen molar-refractivity contribution in [2.24, 2.45) is 5.92 Å². The molecule has 5 heterocycles. The first kappa shape index (κ1) is 16.4. The molecule has 27 heavy (non-hydrogen) atoms. The molecule has 9 heteroatoms. The molecule has 3 N–H and O–H groups in total. The number of nitrogens with zero attached hydrogens (tertiary/aromatic N) is 4. The van der Waals surface area contributed by atoms with Crippen molar-refractivity contribution in [2.75, 3.05) is 19.6 Å². The molecule has 0 bridgehead atoms. The van der Waals surface area contributed by atoms with E-state index in [1.54, 1.807) is 18.5 Å². The fourth-order valence-electron chi connectivity index (χ4n) is 4.05. The van der Waals surface area contributed by atoms with Gasteiger partial charge in [-0.2, -0.15) is 0 Å². The standard InChI is InChI=1S/C18H21N7O2/c26-15-9-14(11-1-5-19-6-2-11)25-16(22-15)13(10-21-25)18-24-23-17(27-18)12-3-7-20-8-4-12/h3-4,7-9,11,13,16,19,21H,1-2,5-6,10H2,(H,22,26). The van der Waals surface area contributed by atoms with Gasteiger partial charge in [0.15, 0.2) is 0 Å². The van der Waals surface area contributed by atoms with Crippen molar-refractivity contribution >= 4 is 5.91 Å². The van der Waals surface area contributed by atoms with Gasteiger partial charge < -0.3 is 15.1 Å². The van der Waals surface area contributed by atoms with Gasteiger partial charge >= 0.3 is 0 Å². The maximum Gasteiger partial charge on any atom is 0.247 e. The van der Waals surface area contributed by atoms with E-state index in [0.29, 0.717) is 24.2 Å². The van der Waals surface area contributed by atoms with Crippen molar-refractivity contribution in [3.63, 3.8) is 0 Å². The van der Waals surface area contributed by atoms with Crippen molar-refractivity contribution in [1.29, 1.82) is 0 Å². The van der Waals surface area contributed by atoms with Gasteiger partial charge in [-0.3, -0.25) is 14.8 Å². The Morgan fingerprint density at radius 2 is 1.96 bits per heavy atom. The van der Waals surface area contributed by atoms with Crippen LogP contribution < -0.4 is 16.1 Å². The third kappa shape index (κ3) is 2.98. The van der Waals surface area contributed by atoms with Crippen LogP contribution in [-0.2, 0) is 4.79 Å². The second-order valence-electron chi connectivity index (χ2n) is 7.07. The van der Waals surface area contributed by atoms with Gasteiger partial charge in [-0.15, -0.1) is 10.2 Å². The molecule has 9 nitrogen and oxygen atoms in total. The number of pyridine rings is 1. The molecule has 5 rings (SSSR count). The number of hydrogen-bond acceptors (Lipinski definition) is 8. The summed E-state index contributed by atoms with van der Waals surface area (Å²) >= 11 is 0. The number of nitrogens with one attached hydrogen (secondary N) is 3. The summed E-state index contributed by atoms with van der Waals surface area (Å²) < 4.78 is 5.92. The molecule has 2 aromatic heterocycles. The number of rotatable bonds is 3. The van der Waals surface area contributed by atoms with Crippen molar-refractivity contribution in [3.8, 4) is 11.5 Å². The SMILES string of the molecule is O=C1C=C(C2CCNCC2)N2NCC(c3nnc(-c4ccncc4)o3)C2N1. The maximum absolute atomic E-state index is 12.3. The number of hydrazine groups is 1. The molecule has 3 aliphatic heterocycles. The highest BCUT2D eigenvalue weighted by Gasteiger charge is 2.44. The lowest BCUT2D eigenvalue weighted by molar-refractivity contribution is -0.119. The fraction of sp³-hybridized carbons (Fsp3) is 0.444. The molecule has 2 atom stereocenters. The number of piperidine rings is 1. The monoisotopic (exact) mass is 367 g/mol. The van der Waals surface area contributed by atoms with Crippen LogP contribution in [-0.4, -0.2) is 51.9 Å². The Hall–Kier alpha value is -2.78. The average molecular weight is 367 g/mol. The van der Waals surface area contributed by atoms with Gasteiger partial charge in [-0.25, -0.2) is 5.43 Å². The predicted octanol–water partition coefficient (Wildman–Crippen LogP) is 0.375. The lowest BCUT2D eigenvalue weighted by Gasteiger charge is -2.38. The number of carbonyl (C=O) groups is 1. The molecular formula is C18H21N7O2. The van der Waals surface area contributed by atoms with Crippen LogP contribution in [0.4, 0.5) is 0 Å². The summed E-state index contributed by atoms with van der Waals surface area (Å²) in [5.41, 5.74) is 5.30. The molecule has 2 fully saturated rings. The zero-order chi connectivity index (χ0) is 18.2. The Morgan fingerprint density at radius 3 is 2.78 bits per heavy atom. The molecule has 3 aliphatic rings. The molecule has 0 aromatic carbocycles. The molecule has 140 valence electrons. The van der Waals surface area contributed by atoms with E-state index < -0.39 is 0 Å². The number of carbonyl (C=O) groups excluding carboxylic acids is 1. The van der Waals surface area contributed by atoms with Crippen LogP contribution in [0.2, 0.25) is 0 Å². The van der Waals surface area contributed by atoms with E-state index in [-0.39, 0.29) is 18.0 Å². The normalized spacial score (nSPS) is 25.9. The Balaban J connectivity index is 1.40. The highest BCUT2D eigenvalue weighted by Crippen LogP contribution is 2.35. The van der Waals surface area contributed by atoms with Crippen molar-refractivity contribution in [3.05, 3.63) is 42.2 Å². The van der Waals surface area contributed by atoms with Crippen molar-refractivity contribution in [2.45, 2.75) is 24.9 Å². The van der Waals surface area contributed by atoms with Gasteiger partial charge in [0, 0.05) is 42.2 Å². The van der Waals surface area contributed by atoms with E-state index in [9.17, 15) is 4.79 Å². The van der Waals surface area contributed by atoms with Gasteiger partial charge in [0.05, 0.1) is 5.92 Å². The van der Waals surface area contributed by atoms with Gasteiger partial charge in [0.1, 0.15) is 6.17 Å². The quantitative estimate of drug-likeness (QED) is 0.714. The van der Waals surface area contributed by atoms with E-state index in [4.69, 9.17) is 4.42 Å². The fourth-order valence-corrected chi connectivity index (χ4v) is 4.05. The first-order chi connectivity index (χ1) is 13.3. The Bertz CT molecular complexity index is 860. The Labute approximate surface area is 156 Å². The minimum atomic E-state index is -0.224. The molecule has 2 unspecified atom stereocenters. The average Bonchev–Trinajstić information content (AvgIpc) is 3.35. The lowest BCUT2D eigenvalue weighted by Crippen LogP contribution is -2.53. The molecule has 1 amide bonds. The molecule has 2 aromatic rings. The smallest absolute Gasteiger partial charge is 0.247 e. The summed E-state index contributed by atoms with van der Waals surface area (Å²) in [6, 6.07) is 3.66. The zero-order valence-electron chi connectivity index (χ0n) is 14.8. The van der Waals surface area contributed by atoms with Crippen LogP contribution in [0.3, 0.4) is 0 Å². The van der Waals surface area contributed by atoms with Crippen LogP contribution in [0, 0.1) is 5.92 Å². The van der Waals surface area contributed by atoms with Crippen LogP contribution in [0.25, 0.3) is 11.5 Å². The minimum Gasteiger partial charge on any atom is -0.420 e. The first-order valence-electron chi connectivity index (χ1n) is 9.29. The Kier molecular flexibility index (Phi) is 4.10. The van der Waals surface area contributed by atoms with E-state index in [0.717, 1.165) is 37.2 Å². The molecule has 0 radical (unpaired) electrons. The third-order valence-corrected chi connectivity index (χ3v) is 5.43. The summed E-state index contributed by atoms with van der Waals surface area (Å²) in [5.74, 6) is 1.19. The van der Waals surface area contributed by atoms with Gasteiger partial charge in [0.25, 0.3) is 0 Å². The third-order valence-electron chi connectivity index (χ3n) is 5.43. The maximum atomic E-state index is 12.3. The molecule has 0 aliphatic carbocycles. The van der Waals surface area contributed by atoms with Gasteiger partial charge in [-0.05, 0) is 38.1 Å². The summed E-state index contributed by atoms with van der Waals surface area (Å²) in [6.07, 6.45) is 6.93. The van der Waals surface area contributed by atoms with Crippen LogP contribution in [0.15, 0.2) is 40.7 Å². The molecule has 2 saturated heterocycles. The van der Waals surface area contributed by atoms with Gasteiger partial charge in [0.2, 0.25) is 17.7 Å². The zero-order valence-corrected chi connectivity index (χ0v) is 14.8. The number of hydrogen-bond donors (Lipinski definition) is 3. The Morgan fingerprint density at radius 1 is 1.15 bits per heavy atom.